The first kappa shape index (κ1) is 11.3. The predicted octanol–water partition coefficient (Wildman–Crippen LogP) is 2.27. The molecule has 0 amide bonds. The molecule has 0 saturated heterocycles. The first-order valence-corrected chi connectivity index (χ1v) is 5.44. The molecule has 0 aliphatic rings. The molecule has 5 heteroatoms. The average Bonchev–Trinajstić information content (AvgIpc) is 2.79. The summed E-state index contributed by atoms with van der Waals surface area (Å²) in [6, 6.07) is 7.35. The van der Waals surface area contributed by atoms with Gasteiger partial charge in [-0.1, -0.05) is 5.16 Å². The minimum atomic E-state index is 0.565. The van der Waals surface area contributed by atoms with Gasteiger partial charge in [0.1, 0.15) is 5.75 Å². The molecule has 5 nitrogen and oxygen atoms in total. The molecule has 0 unspecified atom stereocenters. The maximum Gasteiger partial charge on any atom is 0.155 e. The van der Waals surface area contributed by atoms with Gasteiger partial charge in [0.15, 0.2) is 5.76 Å². The Bertz CT molecular complexity index is 469. The van der Waals surface area contributed by atoms with Crippen LogP contribution in [0.1, 0.15) is 12.7 Å². The van der Waals surface area contributed by atoms with Crippen LogP contribution in [0.5, 0.6) is 5.75 Å². The molecule has 0 radical (unpaired) electrons. The molecule has 0 aliphatic heterocycles. The number of hydrogen-bond acceptors (Lipinski definition) is 5. The van der Waals surface area contributed by atoms with E-state index in [1.165, 1.54) is 0 Å². The second kappa shape index (κ2) is 5.25. The Labute approximate surface area is 99.6 Å². The van der Waals surface area contributed by atoms with Gasteiger partial charge in [-0.3, -0.25) is 0 Å². The summed E-state index contributed by atoms with van der Waals surface area (Å²) in [7, 11) is 0. The Kier molecular flexibility index (Phi) is 3.49. The molecular formula is C12H15N3O2. The summed E-state index contributed by atoms with van der Waals surface area (Å²) in [6.07, 6.45) is 1.61. The van der Waals surface area contributed by atoms with Crippen molar-refractivity contribution >= 4 is 11.4 Å². The van der Waals surface area contributed by atoms with Crippen molar-refractivity contribution in [1.82, 2.24) is 5.16 Å². The topological polar surface area (TPSA) is 73.3 Å². The van der Waals surface area contributed by atoms with Crippen LogP contribution in [-0.2, 0) is 6.54 Å². The van der Waals surface area contributed by atoms with Crippen LogP contribution >= 0.6 is 0 Å². The highest BCUT2D eigenvalue weighted by molar-refractivity contribution is 5.59. The van der Waals surface area contributed by atoms with E-state index in [-0.39, 0.29) is 0 Å². The zero-order valence-electron chi connectivity index (χ0n) is 9.64. The molecule has 3 N–H and O–H groups in total. The minimum absolute atomic E-state index is 0.565. The van der Waals surface area contributed by atoms with E-state index >= 15 is 0 Å². The van der Waals surface area contributed by atoms with E-state index in [1.54, 1.807) is 12.3 Å². The Morgan fingerprint density at radius 1 is 1.41 bits per heavy atom. The van der Waals surface area contributed by atoms with Gasteiger partial charge < -0.3 is 20.3 Å². The quantitative estimate of drug-likeness (QED) is 0.775. The fraction of sp³-hybridized carbons (Fsp3) is 0.250. The number of rotatable bonds is 5. The summed E-state index contributed by atoms with van der Waals surface area (Å²) in [6.45, 7) is 3.12. The lowest BCUT2D eigenvalue weighted by molar-refractivity contribution is 0.340. The van der Waals surface area contributed by atoms with Gasteiger partial charge >= 0.3 is 0 Å². The smallest absolute Gasteiger partial charge is 0.155 e. The Balaban J connectivity index is 2.04. The molecule has 0 spiro atoms. The molecule has 0 fully saturated rings. The van der Waals surface area contributed by atoms with Crippen molar-refractivity contribution in [2.45, 2.75) is 13.5 Å². The van der Waals surface area contributed by atoms with Crippen molar-refractivity contribution in [3.8, 4) is 5.75 Å². The maximum absolute atomic E-state index is 5.78. The standard InChI is InChI=1S/C12H15N3O2/c1-2-16-12-6-9(13)5-10(7-12)14-8-11-3-4-15-17-11/h3-7,14H,2,8,13H2,1H3. The third-order valence-corrected chi connectivity index (χ3v) is 2.20. The van der Waals surface area contributed by atoms with Gasteiger partial charge in [-0.15, -0.1) is 0 Å². The second-order valence-corrected chi connectivity index (χ2v) is 3.56. The van der Waals surface area contributed by atoms with Crippen LogP contribution in [0.4, 0.5) is 11.4 Å². The number of nitrogens with one attached hydrogen (secondary N) is 1. The number of ether oxygens (including phenoxy) is 1. The summed E-state index contributed by atoms with van der Waals surface area (Å²) in [5, 5.41) is 6.83. The number of nitrogens with zero attached hydrogens (tertiary/aromatic N) is 1. The minimum Gasteiger partial charge on any atom is -0.494 e. The van der Waals surface area contributed by atoms with E-state index in [2.05, 4.69) is 10.5 Å². The second-order valence-electron chi connectivity index (χ2n) is 3.56. The van der Waals surface area contributed by atoms with Gasteiger partial charge in [0, 0.05) is 29.6 Å². The number of hydrogen-bond donors (Lipinski definition) is 2. The van der Waals surface area contributed by atoms with Crippen LogP contribution in [-0.4, -0.2) is 11.8 Å². The van der Waals surface area contributed by atoms with Crippen LogP contribution < -0.4 is 15.8 Å². The molecule has 2 aromatic rings. The van der Waals surface area contributed by atoms with Gasteiger partial charge in [0.2, 0.25) is 0 Å². The largest absolute Gasteiger partial charge is 0.494 e. The lowest BCUT2D eigenvalue weighted by atomic mass is 10.2. The van der Waals surface area contributed by atoms with Crippen LogP contribution in [0.25, 0.3) is 0 Å². The molecule has 0 aliphatic carbocycles. The van der Waals surface area contributed by atoms with Gasteiger partial charge in [0.05, 0.1) is 19.3 Å². The van der Waals surface area contributed by atoms with Crippen LogP contribution in [0.2, 0.25) is 0 Å². The Hall–Kier alpha value is -2.17. The van der Waals surface area contributed by atoms with Crippen LogP contribution in [0, 0.1) is 0 Å². The van der Waals surface area contributed by atoms with E-state index < -0.39 is 0 Å². The van der Waals surface area contributed by atoms with E-state index in [9.17, 15) is 0 Å². The normalized spacial score (nSPS) is 10.2. The third kappa shape index (κ3) is 3.14. The van der Waals surface area contributed by atoms with Crippen molar-refractivity contribution in [3.05, 3.63) is 36.2 Å². The maximum atomic E-state index is 5.78. The Morgan fingerprint density at radius 3 is 3.00 bits per heavy atom. The van der Waals surface area contributed by atoms with Gasteiger partial charge in [-0.25, -0.2) is 0 Å². The first-order chi connectivity index (χ1) is 8.28. The number of aromatic nitrogens is 1. The number of nitrogen functional groups attached to an aromatic ring is 1. The SMILES string of the molecule is CCOc1cc(N)cc(NCc2ccno2)c1. The molecule has 0 bridgehead atoms. The van der Waals surface area contributed by atoms with Crippen LogP contribution in [0.3, 0.4) is 0 Å². The fourth-order valence-electron chi connectivity index (χ4n) is 1.50. The molecule has 17 heavy (non-hydrogen) atoms. The summed E-state index contributed by atoms with van der Waals surface area (Å²) in [5.41, 5.74) is 7.34. The Morgan fingerprint density at radius 2 is 2.29 bits per heavy atom. The van der Waals surface area contributed by atoms with Gasteiger partial charge in [0.25, 0.3) is 0 Å². The average molecular weight is 233 g/mol. The van der Waals surface area contributed by atoms with Crippen molar-refractivity contribution in [3.63, 3.8) is 0 Å². The van der Waals surface area contributed by atoms with E-state index in [4.69, 9.17) is 15.0 Å². The molecule has 2 rings (SSSR count). The number of benzene rings is 1. The number of anilines is 2. The lowest BCUT2D eigenvalue weighted by Gasteiger charge is -2.09. The van der Waals surface area contributed by atoms with Gasteiger partial charge in [-0.2, -0.15) is 0 Å². The molecular weight excluding hydrogens is 218 g/mol. The van der Waals surface area contributed by atoms with E-state index in [0.29, 0.717) is 18.8 Å². The third-order valence-electron chi connectivity index (χ3n) is 2.20. The van der Waals surface area contributed by atoms with E-state index in [0.717, 1.165) is 17.2 Å². The zero-order chi connectivity index (χ0) is 12.1. The molecule has 0 atom stereocenters. The fourth-order valence-corrected chi connectivity index (χ4v) is 1.50. The molecule has 0 saturated carbocycles. The molecule has 1 aromatic carbocycles. The van der Waals surface area contributed by atoms with Crippen molar-refractivity contribution < 1.29 is 9.26 Å². The van der Waals surface area contributed by atoms with Gasteiger partial charge in [-0.05, 0) is 13.0 Å². The van der Waals surface area contributed by atoms with Crippen molar-refractivity contribution in [1.29, 1.82) is 0 Å². The highest BCUT2D eigenvalue weighted by Crippen LogP contribution is 2.23. The summed E-state index contributed by atoms with van der Waals surface area (Å²) in [4.78, 5) is 0. The zero-order valence-corrected chi connectivity index (χ0v) is 9.64. The highest BCUT2D eigenvalue weighted by Gasteiger charge is 2.01. The monoisotopic (exact) mass is 233 g/mol. The molecule has 1 aromatic heterocycles. The number of nitrogens with two attached hydrogens (primary N) is 1. The van der Waals surface area contributed by atoms with E-state index in [1.807, 2.05) is 25.1 Å². The predicted molar refractivity (Wildman–Crippen MR) is 65.9 cm³/mol. The first-order valence-electron chi connectivity index (χ1n) is 5.44. The molecule has 1 heterocycles. The molecule has 90 valence electrons. The summed E-state index contributed by atoms with van der Waals surface area (Å²) in [5.74, 6) is 1.53. The summed E-state index contributed by atoms with van der Waals surface area (Å²) >= 11 is 0. The van der Waals surface area contributed by atoms with Crippen molar-refractivity contribution in [2.75, 3.05) is 17.7 Å². The van der Waals surface area contributed by atoms with Crippen molar-refractivity contribution in [2.24, 2.45) is 0 Å². The van der Waals surface area contributed by atoms with Crippen LogP contribution in [0.15, 0.2) is 35.0 Å². The lowest BCUT2D eigenvalue weighted by Crippen LogP contribution is -2.00. The summed E-state index contributed by atoms with van der Waals surface area (Å²) < 4.78 is 10.4. The highest BCUT2D eigenvalue weighted by atomic mass is 16.5.